The summed E-state index contributed by atoms with van der Waals surface area (Å²) in [5.41, 5.74) is 1.81. The molecule has 1 aliphatic rings. The number of nitrogens with zero attached hydrogens (tertiary/aromatic N) is 1. The maximum atomic E-state index is 11.4. The molecule has 0 atom stereocenters. The van der Waals surface area contributed by atoms with E-state index in [9.17, 15) is 18.0 Å². The number of ether oxygens (including phenoxy) is 1. The lowest BCUT2D eigenvalue weighted by molar-refractivity contribution is -0.192. The van der Waals surface area contributed by atoms with Crippen LogP contribution in [0, 0.1) is 0 Å². The zero-order valence-electron chi connectivity index (χ0n) is 11.2. The summed E-state index contributed by atoms with van der Waals surface area (Å²) in [6.45, 7) is 4.96. The van der Waals surface area contributed by atoms with E-state index in [0.717, 1.165) is 25.3 Å². The summed E-state index contributed by atoms with van der Waals surface area (Å²) in [5, 5.41) is 10.4. The van der Waals surface area contributed by atoms with Gasteiger partial charge in [-0.25, -0.2) is 9.59 Å². The molecule has 118 valence electrons. The number of aromatic nitrogens is 1. The van der Waals surface area contributed by atoms with Crippen molar-refractivity contribution in [3.8, 4) is 0 Å². The van der Waals surface area contributed by atoms with Crippen LogP contribution in [0.5, 0.6) is 0 Å². The molecule has 1 aliphatic heterocycles. The first-order valence-electron chi connectivity index (χ1n) is 6.12. The molecular formula is C12H15F3N2O4. The van der Waals surface area contributed by atoms with E-state index in [2.05, 4.69) is 9.88 Å². The molecule has 0 amide bonds. The number of esters is 1. The third kappa shape index (κ3) is 5.10. The number of nitrogens with one attached hydrogen (secondary N) is 1. The molecule has 2 N–H and O–H groups in total. The van der Waals surface area contributed by atoms with E-state index in [1.165, 1.54) is 0 Å². The smallest absolute Gasteiger partial charge is 0.475 e. The Morgan fingerprint density at radius 3 is 2.57 bits per heavy atom. The predicted molar refractivity (Wildman–Crippen MR) is 65.8 cm³/mol. The first-order chi connectivity index (χ1) is 9.75. The number of hydrogen-bond donors (Lipinski definition) is 2. The molecule has 0 saturated carbocycles. The van der Waals surface area contributed by atoms with Crippen LogP contribution < -0.4 is 5.32 Å². The molecule has 0 aliphatic carbocycles. The Morgan fingerprint density at radius 2 is 2.10 bits per heavy atom. The molecule has 0 bridgehead atoms. The highest BCUT2D eigenvalue weighted by atomic mass is 19.4. The Hall–Kier alpha value is -2.03. The molecular weight excluding hydrogens is 293 g/mol. The molecule has 0 spiro atoms. The van der Waals surface area contributed by atoms with Gasteiger partial charge in [-0.2, -0.15) is 13.2 Å². The van der Waals surface area contributed by atoms with E-state index in [1.807, 2.05) is 19.2 Å². The Kier molecular flexibility index (Phi) is 5.77. The minimum absolute atomic E-state index is 0.227. The average molecular weight is 308 g/mol. The first kappa shape index (κ1) is 17.0. The molecule has 6 nitrogen and oxygen atoms in total. The third-order valence-corrected chi connectivity index (χ3v) is 2.58. The van der Waals surface area contributed by atoms with Gasteiger partial charge in [0.05, 0.1) is 12.2 Å². The standard InChI is InChI=1S/C10H14N2O2.C2HF3O2/c1-2-14-10(13)8-5-9-6-11-3-4-12(9)7-8;3-2(4,5)1(6)7/h5,7,11H,2-4,6H2,1H3;(H,6,7). The second kappa shape index (κ2) is 7.11. The normalized spacial score (nSPS) is 13.7. The second-order valence-corrected chi connectivity index (χ2v) is 4.11. The van der Waals surface area contributed by atoms with E-state index in [0.29, 0.717) is 12.2 Å². The van der Waals surface area contributed by atoms with Crippen molar-refractivity contribution in [2.45, 2.75) is 26.2 Å². The zero-order valence-corrected chi connectivity index (χ0v) is 11.2. The van der Waals surface area contributed by atoms with Gasteiger partial charge in [-0.1, -0.05) is 0 Å². The van der Waals surface area contributed by atoms with Crippen LogP contribution in [-0.2, 0) is 22.6 Å². The van der Waals surface area contributed by atoms with Crippen molar-refractivity contribution in [3.05, 3.63) is 23.5 Å². The van der Waals surface area contributed by atoms with E-state index >= 15 is 0 Å². The van der Waals surface area contributed by atoms with E-state index in [4.69, 9.17) is 14.6 Å². The van der Waals surface area contributed by atoms with Crippen LogP contribution in [0.25, 0.3) is 0 Å². The minimum atomic E-state index is -5.08. The number of rotatable bonds is 2. The quantitative estimate of drug-likeness (QED) is 0.807. The molecule has 21 heavy (non-hydrogen) atoms. The number of alkyl halides is 3. The number of carbonyl (C=O) groups excluding carboxylic acids is 1. The largest absolute Gasteiger partial charge is 0.490 e. The fourth-order valence-electron chi connectivity index (χ4n) is 1.65. The summed E-state index contributed by atoms with van der Waals surface area (Å²) in [6.07, 6.45) is -3.21. The highest BCUT2D eigenvalue weighted by Gasteiger charge is 2.38. The molecule has 2 heterocycles. The Morgan fingerprint density at radius 1 is 1.48 bits per heavy atom. The molecule has 0 aromatic carbocycles. The van der Waals surface area contributed by atoms with Crippen molar-refractivity contribution < 1.29 is 32.6 Å². The van der Waals surface area contributed by atoms with Crippen molar-refractivity contribution in [2.75, 3.05) is 13.2 Å². The van der Waals surface area contributed by atoms with Gasteiger partial charge < -0.3 is 19.7 Å². The van der Waals surface area contributed by atoms with Crippen LogP contribution in [0.2, 0.25) is 0 Å². The van der Waals surface area contributed by atoms with Crippen molar-refractivity contribution in [1.29, 1.82) is 0 Å². The van der Waals surface area contributed by atoms with Gasteiger partial charge >= 0.3 is 18.1 Å². The van der Waals surface area contributed by atoms with E-state index in [1.54, 1.807) is 0 Å². The van der Waals surface area contributed by atoms with Crippen LogP contribution >= 0.6 is 0 Å². The van der Waals surface area contributed by atoms with E-state index in [-0.39, 0.29) is 5.97 Å². The minimum Gasteiger partial charge on any atom is -0.475 e. The van der Waals surface area contributed by atoms with Crippen molar-refractivity contribution in [1.82, 2.24) is 9.88 Å². The first-order valence-corrected chi connectivity index (χ1v) is 6.12. The number of carboxylic acids is 1. The summed E-state index contributed by atoms with van der Waals surface area (Å²) in [6, 6.07) is 1.89. The van der Waals surface area contributed by atoms with Crippen LogP contribution in [0.15, 0.2) is 12.3 Å². The van der Waals surface area contributed by atoms with Gasteiger partial charge in [0.1, 0.15) is 0 Å². The van der Waals surface area contributed by atoms with Gasteiger partial charge in [0.2, 0.25) is 0 Å². The molecule has 1 aromatic heterocycles. The Balaban J connectivity index is 0.000000270. The maximum absolute atomic E-state index is 11.4. The number of hydrogen-bond acceptors (Lipinski definition) is 4. The third-order valence-electron chi connectivity index (χ3n) is 2.58. The summed E-state index contributed by atoms with van der Waals surface area (Å²) >= 11 is 0. The Labute approximate surface area is 118 Å². The fourth-order valence-corrected chi connectivity index (χ4v) is 1.65. The van der Waals surface area contributed by atoms with Crippen molar-refractivity contribution in [2.24, 2.45) is 0 Å². The van der Waals surface area contributed by atoms with Gasteiger partial charge in [0.25, 0.3) is 0 Å². The lowest BCUT2D eigenvalue weighted by Gasteiger charge is -2.15. The predicted octanol–water partition coefficient (Wildman–Crippen LogP) is 1.40. The van der Waals surface area contributed by atoms with Crippen LogP contribution in [0.1, 0.15) is 23.0 Å². The van der Waals surface area contributed by atoms with Crippen molar-refractivity contribution >= 4 is 11.9 Å². The van der Waals surface area contributed by atoms with Crippen LogP contribution in [0.3, 0.4) is 0 Å². The number of carboxylic acid groups (broad SMARTS) is 1. The second-order valence-electron chi connectivity index (χ2n) is 4.11. The fraction of sp³-hybridized carbons (Fsp3) is 0.500. The number of carbonyl (C=O) groups is 2. The molecule has 9 heteroatoms. The number of halogens is 3. The molecule has 0 saturated heterocycles. The monoisotopic (exact) mass is 308 g/mol. The summed E-state index contributed by atoms with van der Waals surface area (Å²) in [4.78, 5) is 20.3. The number of aliphatic carboxylic acids is 1. The van der Waals surface area contributed by atoms with Crippen molar-refractivity contribution in [3.63, 3.8) is 0 Å². The summed E-state index contributed by atoms with van der Waals surface area (Å²) in [7, 11) is 0. The van der Waals surface area contributed by atoms with Gasteiger partial charge in [-0.15, -0.1) is 0 Å². The van der Waals surface area contributed by atoms with Gasteiger partial charge in [-0.3, -0.25) is 0 Å². The molecule has 1 aromatic rings. The summed E-state index contributed by atoms with van der Waals surface area (Å²) in [5.74, 6) is -2.98. The summed E-state index contributed by atoms with van der Waals surface area (Å²) < 4.78 is 38.8. The lowest BCUT2D eigenvalue weighted by Crippen LogP contribution is -2.27. The SMILES string of the molecule is CCOC(=O)c1cc2n(c1)CCNC2.O=C(O)C(F)(F)F. The topological polar surface area (TPSA) is 80.6 Å². The number of fused-ring (bicyclic) bond motifs is 1. The van der Waals surface area contributed by atoms with E-state index < -0.39 is 12.1 Å². The molecule has 0 unspecified atom stereocenters. The highest BCUT2D eigenvalue weighted by molar-refractivity contribution is 5.89. The van der Waals surface area contributed by atoms with Gasteiger partial charge in [0.15, 0.2) is 0 Å². The van der Waals surface area contributed by atoms with Gasteiger partial charge in [0, 0.05) is 31.5 Å². The molecule has 2 rings (SSSR count). The lowest BCUT2D eigenvalue weighted by atomic mass is 10.3. The van der Waals surface area contributed by atoms with Crippen LogP contribution in [0.4, 0.5) is 13.2 Å². The molecule has 0 radical (unpaired) electrons. The average Bonchev–Trinajstić information content (AvgIpc) is 2.82. The van der Waals surface area contributed by atoms with Crippen LogP contribution in [-0.4, -0.2) is 40.9 Å². The highest BCUT2D eigenvalue weighted by Crippen LogP contribution is 2.13. The molecule has 0 fully saturated rings. The Bertz CT molecular complexity index is 488. The van der Waals surface area contributed by atoms with Gasteiger partial charge in [-0.05, 0) is 13.0 Å². The zero-order chi connectivity index (χ0) is 16.0. The maximum Gasteiger partial charge on any atom is 0.490 e.